The molecule has 1 unspecified atom stereocenters. The first-order valence-corrected chi connectivity index (χ1v) is 6.81. The van der Waals surface area contributed by atoms with Crippen LogP contribution in [0.4, 0.5) is 10.1 Å². The molecule has 0 radical (unpaired) electrons. The number of para-hydroxylation sites is 1. The molecule has 1 aliphatic rings. The second-order valence-electron chi connectivity index (χ2n) is 4.71. The SMILES string of the molecule is CN1C(=O)C(F)N=C(c2ccccc2Cl)c2ccccc21. The fourth-order valence-corrected chi connectivity index (χ4v) is 2.58. The Labute approximate surface area is 126 Å². The highest BCUT2D eigenvalue weighted by atomic mass is 35.5. The molecule has 0 aliphatic carbocycles. The Morgan fingerprint density at radius 2 is 1.71 bits per heavy atom. The number of carbonyl (C=O) groups is 1. The Morgan fingerprint density at radius 1 is 1.10 bits per heavy atom. The summed E-state index contributed by atoms with van der Waals surface area (Å²) in [6, 6.07) is 14.3. The molecule has 0 bridgehead atoms. The first-order valence-electron chi connectivity index (χ1n) is 6.43. The predicted molar refractivity (Wildman–Crippen MR) is 81.8 cm³/mol. The normalized spacial score (nSPS) is 18.0. The summed E-state index contributed by atoms with van der Waals surface area (Å²) in [5.41, 5.74) is 2.29. The van der Waals surface area contributed by atoms with Gasteiger partial charge in [-0.25, -0.2) is 9.38 Å². The number of halogens is 2. The molecule has 1 aliphatic heterocycles. The summed E-state index contributed by atoms with van der Waals surface area (Å²) in [5, 5.41) is 0.468. The van der Waals surface area contributed by atoms with Crippen LogP contribution in [-0.4, -0.2) is 25.0 Å². The topological polar surface area (TPSA) is 32.7 Å². The molecule has 3 rings (SSSR count). The molecule has 2 aromatic carbocycles. The number of benzodiazepines with no additional fused rings is 1. The summed E-state index contributed by atoms with van der Waals surface area (Å²) in [7, 11) is 1.54. The number of fused-ring (bicyclic) bond motifs is 1. The van der Waals surface area contributed by atoms with Crippen molar-refractivity contribution >= 4 is 28.9 Å². The largest absolute Gasteiger partial charge is 0.311 e. The number of hydrogen-bond acceptors (Lipinski definition) is 2. The number of hydrogen-bond donors (Lipinski definition) is 0. The maximum absolute atomic E-state index is 14.1. The van der Waals surface area contributed by atoms with Crippen LogP contribution in [0.15, 0.2) is 53.5 Å². The van der Waals surface area contributed by atoms with Crippen LogP contribution in [0.1, 0.15) is 11.1 Å². The molecule has 2 aromatic rings. The molecule has 0 N–H and O–H groups in total. The van der Waals surface area contributed by atoms with Gasteiger partial charge in [-0.2, -0.15) is 0 Å². The van der Waals surface area contributed by atoms with Gasteiger partial charge in [0, 0.05) is 23.2 Å². The lowest BCUT2D eigenvalue weighted by Crippen LogP contribution is -2.32. The van der Waals surface area contributed by atoms with E-state index in [0.29, 0.717) is 27.5 Å². The van der Waals surface area contributed by atoms with E-state index in [0.717, 1.165) is 0 Å². The zero-order chi connectivity index (χ0) is 15.0. The third-order valence-corrected chi connectivity index (χ3v) is 3.76. The number of benzene rings is 2. The van der Waals surface area contributed by atoms with Gasteiger partial charge in [-0.15, -0.1) is 0 Å². The lowest BCUT2D eigenvalue weighted by atomic mass is 10.0. The summed E-state index contributed by atoms with van der Waals surface area (Å²) in [5.74, 6) is -0.690. The maximum Gasteiger partial charge on any atom is 0.284 e. The van der Waals surface area contributed by atoms with Gasteiger partial charge in [0.2, 0.25) is 0 Å². The van der Waals surface area contributed by atoms with Crippen molar-refractivity contribution in [2.75, 3.05) is 11.9 Å². The molecule has 1 atom stereocenters. The van der Waals surface area contributed by atoms with Crippen molar-refractivity contribution in [3.8, 4) is 0 Å². The first-order chi connectivity index (χ1) is 10.1. The Morgan fingerprint density at radius 3 is 2.43 bits per heavy atom. The number of likely N-dealkylation sites (N-methyl/N-ethyl adjacent to an activating group) is 1. The number of amides is 1. The average Bonchev–Trinajstić information content (AvgIpc) is 2.59. The van der Waals surface area contributed by atoms with Crippen LogP contribution in [0.3, 0.4) is 0 Å². The number of carbonyl (C=O) groups excluding carboxylic acids is 1. The Hall–Kier alpha value is -2.20. The molecular formula is C16H12ClFN2O. The smallest absolute Gasteiger partial charge is 0.284 e. The van der Waals surface area contributed by atoms with Crippen LogP contribution in [-0.2, 0) is 4.79 Å². The molecule has 0 spiro atoms. The molecule has 1 heterocycles. The van der Waals surface area contributed by atoms with Gasteiger partial charge in [-0.1, -0.05) is 48.0 Å². The van der Waals surface area contributed by atoms with Crippen LogP contribution in [0.2, 0.25) is 5.02 Å². The second kappa shape index (κ2) is 5.30. The van der Waals surface area contributed by atoms with E-state index in [2.05, 4.69) is 4.99 Å². The molecule has 106 valence electrons. The number of rotatable bonds is 1. The van der Waals surface area contributed by atoms with Crippen LogP contribution in [0.5, 0.6) is 0 Å². The van der Waals surface area contributed by atoms with Crippen molar-refractivity contribution < 1.29 is 9.18 Å². The second-order valence-corrected chi connectivity index (χ2v) is 5.11. The van der Waals surface area contributed by atoms with Gasteiger partial charge in [0.05, 0.1) is 11.4 Å². The molecule has 0 saturated carbocycles. The van der Waals surface area contributed by atoms with Gasteiger partial charge in [0.25, 0.3) is 12.2 Å². The number of alkyl halides is 1. The van der Waals surface area contributed by atoms with Crippen molar-refractivity contribution in [3.05, 3.63) is 64.7 Å². The highest BCUT2D eigenvalue weighted by Crippen LogP contribution is 2.30. The molecular weight excluding hydrogens is 291 g/mol. The molecule has 3 nitrogen and oxygen atoms in total. The number of aliphatic imine (C=N–C) groups is 1. The fraction of sp³-hybridized carbons (Fsp3) is 0.125. The van der Waals surface area contributed by atoms with E-state index < -0.39 is 12.2 Å². The average molecular weight is 303 g/mol. The van der Waals surface area contributed by atoms with Gasteiger partial charge in [0.15, 0.2) is 0 Å². The van der Waals surface area contributed by atoms with Crippen molar-refractivity contribution in [2.24, 2.45) is 4.99 Å². The predicted octanol–water partition coefficient (Wildman–Crippen LogP) is 3.45. The summed E-state index contributed by atoms with van der Waals surface area (Å²) < 4.78 is 14.1. The molecule has 1 amide bonds. The highest BCUT2D eigenvalue weighted by Gasteiger charge is 2.29. The molecule has 0 saturated heterocycles. The van der Waals surface area contributed by atoms with Crippen LogP contribution < -0.4 is 4.90 Å². The van der Waals surface area contributed by atoms with Gasteiger partial charge in [0.1, 0.15) is 0 Å². The zero-order valence-electron chi connectivity index (χ0n) is 11.3. The number of nitrogens with zero attached hydrogens (tertiary/aromatic N) is 2. The lowest BCUT2D eigenvalue weighted by Gasteiger charge is -2.18. The monoisotopic (exact) mass is 302 g/mol. The van der Waals surface area contributed by atoms with E-state index in [1.54, 1.807) is 49.5 Å². The number of anilines is 1. The zero-order valence-corrected chi connectivity index (χ0v) is 12.0. The highest BCUT2D eigenvalue weighted by molar-refractivity contribution is 6.36. The van der Waals surface area contributed by atoms with E-state index in [1.807, 2.05) is 6.07 Å². The minimum atomic E-state index is -1.94. The van der Waals surface area contributed by atoms with E-state index in [4.69, 9.17) is 11.6 Å². The first kappa shape index (κ1) is 13.8. The van der Waals surface area contributed by atoms with Crippen molar-refractivity contribution in [1.82, 2.24) is 0 Å². The van der Waals surface area contributed by atoms with Crippen LogP contribution in [0.25, 0.3) is 0 Å². The van der Waals surface area contributed by atoms with Crippen LogP contribution in [0, 0.1) is 0 Å². The molecule has 5 heteroatoms. The molecule has 21 heavy (non-hydrogen) atoms. The summed E-state index contributed by atoms with van der Waals surface area (Å²) >= 11 is 6.20. The third kappa shape index (κ3) is 2.32. The minimum absolute atomic E-state index is 0.390. The van der Waals surface area contributed by atoms with E-state index >= 15 is 0 Å². The summed E-state index contributed by atoms with van der Waals surface area (Å²) in [6.07, 6.45) is -1.94. The fourth-order valence-electron chi connectivity index (χ4n) is 2.35. The van der Waals surface area contributed by atoms with E-state index in [9.17, 15) is 9.18 Å². The van der Waals surface area contributed by atoms with E-state index in [1.165, 1.54) is 4.90 Å². The Balaban J connectivity index is 2.28. The Bertz CT molecular complexity index is 745. The maximum atomic E-state index is 14.1. The molecule has 0 fully saturated rings. The van der Waals surface area contributed by atoms with Crippen molar-refractivity contribution in [2.45, 2.75) is 6.30 Å². The van der Waals surface area contributed by atoms with Crippen LogP contribution >= 0.6 is 11.6 Å². The quantitative estimate of drug-likeness (QED) is 0.743. The summed E-state index contributed by atoms with van der Waals surface area (Å²) in [6.45, 7) is 0. The minimum Gasteiger partial charge on any atom is -0.311 e. The molecule has 0 aromatic heterocycles. The third-order valence-electron chi connectivity index (χ3n) is 3.43. The van der Waals surface area contributed by atoms with Gasteiger partial charge in [-0.05, 0) is 12.1 Å². The standard InChI is InChI=1S/C16H12ClFN2O/c1-20-13-9-5-3-7-11(13)14(19-15(18)16(20)21)10-6-2-4-8-12(10)17/h2-9,15H,1H3. The van der Waals surface area contributed by atoms with Crippen molar-refractivity contribution in [3.63, 3.8) is 0 Å². The summed E-state index contributed by atoms with van der Waals surface area (Å²) in [4.78, 5) is 17.2. The van der Waals surface area contributed by atoms with E-state index in [-0.39, 0.29) is 0 Å². The lowest BCUT2D eigenvalue weighted by molar-refractivity contribution is -0.122. The Kier molecular flexibility index (Phi) is 3.47. The van der Waals surface area contributed by atoms with Gasteiger partial charge >= 0.3 is 0 Å². The van der Waals surface area contributed by atoms with Crippen molar-refractivity contribution in [1.29, 1.82) is 0 Å². The van der Waals surface area contributed by atoms with Gasteiger partial charge in [-0.3, -0.25) is 4.79 Å². The van der Waals surface area contributed by atoms with Gasteiger partial charge < -0.3 is 4.90 Å².